The van der Waals surface area contributed by atoms with Crippen LogP contribution in [0, 0.1) is 0 Å². The summed E-state index contributed by atoms with van der Waals surface area (Å²) in [6.45, 7) is 7.97. The van der Waals surface area contributed by atoms with Crippen LogP contribution in [0.2, 0.25) is 0 Å². The predicted molar refractivity (Wildman–Crippen MR) is 124 cm³/mol. The second-order valence-electron chi connectivity index (χ2n) is 7.25. The molecule has 3 nitrogen and oxygen atoms in total. The largest absolute Gasteiger partial charge is 0.393 e. The lowest BCUT2D eigenvalue weighted by atomic mass is 10.1. The fourth-order valence-corrected chi connectivity index (χ4v) is 2.90. The number of carbonyl (C=O) groups is 2. The molecule has 0 bridgehead atoms. The first kappa shape index (κ1) is 27.4. The van der Waals surface area contributed by atoms with Crippen molar-refractivity contribution >= 4 is 29.6 Å². The Kier molecular flexibility index (Phi) is 18.6. The van der Waals surface area contributed by atoms with Gasteiger partial charge in [0.05, 0.1) is 0 Å². The van der Waals surface area contributed by atoms with Gasteiger partial charge in [-0.3, -0.25) is 9.59 Å². The van der Waals surface area contributed by atoms with E-state index in [0.717, 1.165) is 49.7 Å². The number of hydrogen-bond donors (Lipinski definition) is 0. The van der Waals surface area contributed by atoms with E-state index >= 15 is 0 Å². The van der Waals surface area contributed by atoms with Crippen LogP contribution in [0.25, 0.3) is 6.08 Å². The van der Waals surface area contributed by atoms with Crippen molar-refractivity contribution in [2.45, 2.75) is 96.8 Å². The Morgan fingerprint density at radius 1 is 0.828 bits per heavy atom. The number of hydrogen-bond acceptors (Lipinski definition) is 3. The molecule has 0 aromatic heterocycles. The molecule has 0 aliphatic carbocycles. The smallest absolute Gasteiger partial charge is 0.313 e. The molecule has 4 heteroatoms. The number of halogens is 1. The predicted octanol–water partition coefficient (Wildman–Crippen LogP) is 7.85. The summed E-state index contributed by atoms with van der Waals surface area (Å²) >= 11 is 5.60. The molecule has 0 radical (unpaired) electrons. The molecule has 0 aliphatic rings. The molecule has 0 N–H and O–H groups in total. The number of esters is 2. The lowest BCUT2D eigenvalue weighted by molar-refractivity contribution is -0.159. The lowest BCUT2D eigenvalue weighted by Gasteiger charge is -2.03. The Bertz CT molecular complexity index is 528. The van der Waals surface area contributed by atoms with Crippen molar-refractivity contribution in [1.29, 1.82) is 0 Å². The van der Waals surface area contributed by atoms with Gasteiger partial charge < -0.3 is 4.74 Å². The van der Waals surface area contributed by atoms with Crippen LogP contribution in [0.1, 0.15) is 102 Å². The number of alkyl halides is 1. The summed E-state index contributed by atoms with van der Waals surface area (Å²) in [6, 6.07) is 8.02. The van der Waals surface area contributed by atoms with Crippen LogP contribution in [-0.4, -0.2) is 11.9 Å². The van der Waals surface area contributed by atoms with Crippen LogP contribution in [-0.2, 0) is 20.2 Å². The molecule has 29 heavy (non-hydrogen) atoms. The van der Waals surface area contributed by atoms with E-state index in [9.17, 15) is 9.59 Å². The molecule has 0 aliphatic heterocycles. The molecule has 0 amide bonds. The standard InChI is InChI=1S/C16H30O3.C9H9Cl/c1-3-5-7-9-11-13-15(17)19-16(18)14-12-10-8-6-4-2;1-2-8-3-5-9(7-10)6-4-8/h3-14H2,1-2H3;2-6H,1,7H2. The maximum atomic E-state index is 11.4. The third kappa shape index (κ3) is 17.0. The minimum Gasteiger partial charge on any atom is -0.393 e. The molecule has 0 unspecified atom stereocenters. The van der Waals surface area contributed by atoms with Gasteiger partial charge in [0.25, 0.3) is 0 Å². The molecule has 0 spiro atoms. The summed E-state index contributed by atoms with van der Waals surface area (Å²) in [5, 5.41) is 0. The van der Waals surface area contributed by atoms with Gasteiger partial charge in [0.2, 0.25) is 0 Å². The highest BCUT2D eigenvalue weighted by Gasteiger charge is 2.09. The summed E-state index contributed by atoms with van der Waals surface area (Å²) in [7, 11) is 0. The summed E-state index contributed by atoms with van der Waals surface area (Å²) in [5.74, 6) is -0.123. The topological polar surface area (TPSA) is 43.4 Å². The zero-order valence-corrected chi connectivity index (χ0v) is 19.1. The highest BCUT2D eigenvalue weighted by atomic mass is 35.5. The van der Waals surface area contributed by atoms with E-state index in [1.807, 2.05) is 30.3 Å². The second kappa shape index (κ2) is 19.7. The first-order chi connectivity index (χ1) is 14.1. The number of unbranched alkanes of at least 4 members (excludes halogenated alkanes) is 8. The summed E-state index contributed by atoms with van der Waals surface area (Å²) in [5.41, 5.74) is 2.28. The first-order valence-electron chi connectivity index (χ1n) is 11.1. The summed E-state index contributed by atoms with van der Waals surface area (Å²) < 4.78 is 4.79. The van der Waals surface area contributed by atoms with Gasteiger partial charge in [-0.2, -0.15) is 0 Å². The van der Waals surface area contributed by atoms with Crippen LogP contribution >= 0.6 is 11.6 Å². The van der Waals surface area contributed by atoms with Gasteiger partial charge in [0, 0.05) is 18.7 Å². The van der Waals surface area contributed by atoms with E-state index < -0.39 is 0 Å². The van der Waals surface area contributed by atoms with Crippen LogP contribution < -0.4 is 0 Å². The van der Waals surface area contributed by atoms with Crippen molar-refractivity contribution in [2.24, 2.45) is 0 Å². The van der Waals surface area contributed by atoms with Gasteiger partial charge in [0.1, 0.15) is 0 Å². The average molecular weight is 423 g/mol. The molecule has 0 atom stereocenters. The van der Waals surface area contributed by atoms with E-state index in [0.29, 0.717) is 18.7 Å². The Labute approximate surface area is 182 Å². The Balaban J connectivity index is 0.000000651. The molecule has 164 valence electrons. The van der Waals surface area contributed by atoms with Crippen LogP contribution in [0.15, 0.2) is 30.8 Å². The number of rotatable bonds is 14. The van der Waals surface area contributed by atoms with Gasteiger partial charge in [-0.1, -0.05) is 102 Å². The van der Waals surface area contributed by atoms with Crippen molar-refractivity contribution in [3.63, 3.8) is 0 Å². The van der Waals surface area contributed by atoms with Gasteiger partial charge in [-0.25, -0.2) is 0 Å². The monoisotopic (exact) mass is 422 g/mol. The highest BCUT2D eigenvalue weighted by Crippen LogP contribution is 2.09. The van der Waals surface area contributed by atoms with Gasteiger partial charge in [-0.05, 0) is 24.0 Å². The number of ether oxygens (including phenoxy) is 1. The molecule has 0 saturated carbocycles. The molecule has 1 aromatic rings. The third-order valence-corrected chi connectivity index (χ3v) is 4.87. The fourth-order valence-electron chi connectivity index (χ4n) is 2.72. The van der Waals surface area contributed by atoms with E-state index in [1.165, 1.54) is 25.7 Å². The third-order valence-electron chi connectivity index (χ3n) is 4.57. The fraction of sp³-hybridized carbons (Fsp3) is 0.600. The summed E-state index contributed by atoms with van der Waals surface area (Å²) in [4.78, 5) is 22.8. The zero-order chi connectivity index (χ0) is 21.7. The Morgan fingerprint density at radius 3 is 1.66 bits per heavy atom. The quantitative estimate of drug-likeness (QED) is 0.133. The van der Waals surface area contributed by atoms with Gasteiger partial charge in [-0.15, -0.1) is 11.6 Å². The van der Waals surface area contributed by atoms with Gasteiger partial charge >= 0.3 is 11.9 Å². The minimum absolute atomic E-state index is 0.352. The minimum atomic E-state index is -0.352. The SMILES string of the molecule is C=Cc1ccc(CCl)cc1.CCCCCCCC(=O)OC(=O)CCCCCCC. The number of benzene rings is 1. The molecule has 0 saturated heterocycles. The van der Waals surface area contributed by atoms with Gasteiger partial charge in [0.15, 0.2) is 0 Å². The van der Waals surface area contributed by atoms with E-state index in [2.05, 4.69) is 20.4 Å². The van der Waals surface area contributed by atoms with E-state index in [1.54, 1.807) is 0 Å². The van der Waals surface area contributed by atoms with Crippen LogP contribution in [0.3, 0.4) is 0 Å². The molecule has 1 rings (SSSR count). The second-order valence-corrected chi connectivity index (χ2v) is 7.52. The normalized spacial score (nSPS) is 10.0. The molecule has 0 fully saturated rings. The molecular formula is C25H39ClO3. The van der Waals surface area contributed by atoms with Crippen molar-refractivity contribution in [2.75, 3.05) is 0 Å². The maximum Gasteiger partial charge on any atom is 0.313 e. The molecule has 0 heterocycles. The van der Waals surface area contributed by atoms with Crippen molar-refractivity contribution in [3.05, 3.63) is 42.0 Å². The Hall–Kier alpha value is -1.61. The zero-order valence-electron chi connectivity index (χ0n) is 18.4. The Morgan fingerprint density at radius 2 is 1.28 bits per heavy atom. The lowest BCUT2D eigenvalue weighted by Crippen LogP contribution is -2.11. The molecule has 1 aromatic carbocycles. The maximum absolute atomic E-state index is 11.4. The van der Waals surface area contributed by atoms with Crippen molar-refractivity contribution < 1.29 is 14.3 Å². The highest BCUT2D eigenvalue weighted by molar-refractivity contribution is 6.17. The molecular weight excluding hydrogens is 384 g/mol. The average Bonchev–Trinajstić information content (AvgIpc) is 2.74. The van der Waals surface area contributed by atoms with Crippen molar-refractivity contribution in [1.82, 2.24) is 0 Å². The van der Waals surface area contributed by atoms with Crippen molar-refractivity contribution in [3.8, 4) is 0 Å². The summed E-state index contributed by atoms with van der Waals surface area (Å²) in [6.07, 6.45) is 13.5. The number of carbonyl (C=O) groups excluding carboxylic acids is 2. The van der Waals surface area contributed by atoms with E-state index in [4.69, 9.17) is 16.3 Å². The first-order valence-corrected chi connectivity index (χ1v) is 11.6. The van der Waals surface area contributed by atoms with E-state index in [-0.39, 0.29) is 11.9 Å². The van der Waals surface area contributed by atoms with Crippen LogP contribution in [0.4, 0.5) is 0 Å². The van der Waals surface area contributed by atoms with Crippen LogP contribution in [0.5, 0.6) is 0 Å².